The van der Waals surface area contributed by atoms with Gasteiger partial charge in [-0.1, -0.05) is 0 Å². The van der Waals surface area contributed by atoms with Crippen LogP contribution < -0.4 is 3.71 Å². The molecule has 0 amide bonds. The Kier molecular flexibility index (Phi) is 9.62. The second kappa shape index (κ2) is 10.6. The molecular formula is C19H35NSn. The number of hydrogen-bond acceptors (Lipinski definition) is 1. The predicted octanol–water partition coefficient (Wildman–Crippen LogP) is 5.70. The molecule has 0 N–H and O–H groups in total. The third-order valence-corrected chi connectivity index (χ3v) is 19.9. The van der Waals surface area contributed by atoms with E-state index in [2.05, 4.69) is 45.9 Å². The molecule has 0 aliphatic rings. The van der Waals surface area contributed by atoms with E-state index in [0.717, 1.165) is 6.42 Å². The van der Waals surface area contributed by atoms with E-state index in [1.54, 1.807) is 3.71 Å². The topological polar surface area (TPSA) is 12.9 Å². The van der Waals surface area contributed by atoms with Gasteiger partial charge in [0.2, 0.25) is 0 Å². The molecule has 1 aromatic rings. The van der Waals surface area contributed by atoms with Crippen LogP contribution in [0.5, 0.6) is 0 Å². The molecule has 0 aliphatic carbocycles. The number of rotatable bonds is 11. The van der Waals surface area contributed by atoms with Gasteiger partial charge in [0.1, 0.15) is 0 Å². The van der Waals surface area contributed by atoms with Gasteiger partial charge in [0.05, 0.1) is 0 Å². The number of pyridine rings is 1. The summed E-state index contributed by atoms with van der Waals surface area (Å²) in [5, 5.41) is 0. The van der Waals surface area contributed by atoms with Gasteiger partial charge < -0.3 is 0 Å². The number of hydrogen-bond donors (Lipinski definition) is 0. The van der Waals surface area contributed by atoms with Gasteiger partial charge in [-0.3, -0.25) is 0 Å². The zero-order chi connectivity index (χ0) is 15.6. The summed E-state index contributed by atoms with van der Waals surface area (Å²) < 4.78 is 6.14. The Bertz CT molecular complexity index is 367. The SMILES string of the molecule is CCC[CH2][Sn]([CH2]CCC)([CH2]CCC)[c]1cccc(CC)n1. The summed E-state index contributed by atoms with van der Waals surface area (Å²) in [5.74, 6) is 0. The first-order valence-corrected chi connectivity index (χ1v) is 16.7. The second-order valence-electron chi connectivity index (χ2n) is 6.46. The van der Waals surface area contributed by atoms with Crippen LogP contribution in [0.3, 0.4) is 0 Å². The van der Waals surface area contributed by atoms with Crippen LogP contribution in [0.15, 0.2) is 18.2 Å². The molecule has 0 atom stereocenters. The summed E-state index contributed by atoms with van der Waals surface area (Å²) in [6.07, 6.45) is 9.34. The van der Waals surface area contributed by atoms with Crippen LogP contribution in [0.1, 0.15) is 71.9 Å². The minimum absolute atomic E-state index is 1.07. The van der Waals surface area contributed by atoms with Gasteiger partial charge in [-0.25, -0.2) is 0 Å². The fourth-order valence-electron chi connectivity index (χ4n) is 3.28. The van der Waals surface area contributed by atoms with Crippen molar-refractivity contribution in [3.05, 3.63) is 23.9 Å². The molecule has 1 aromatic heterocycles. The normalized spacial score (nSPS) is 11.8. The predicted molar refractivity (Wildman–Crippen MR) is 98.1 cm³/mol. The summed E-state index contributed by atoms with van der Waals surface area (Å²) in [4.78, 5) is 5.12. The van der Waals surface area contributed by atoms with E-state index in [0.29, 0.717) is 0 Å². The van der Waals surface area contributed by atoms with Crippen LogP contribution in [-0.4, -0.2) is 23.4 Å². The average molecular weight is 396 g/mol. The first-order valence-electron chi connectivity index (χ1n) is 9.18. The van der Waals surface area contributed by atoms with Gasteiger partial charge in [0, 0.05) is 0 Å². The summed E-state index contributed by atoms with van der Waals surface area (Å²) in [6.45, 7) is 9.25. The van der Waals surface area contributed by atoms with Crippen LogP contribution in [-0.2, 0) is 6.42 Å². The molecule has 0 unspecified atom stereocenters. The van der Waals surface area contributed by atoms with Gasteiger partial charge in [-0.15, -0.1) is 0 Å². The van der Waals surface area contributed by atoms with E-state index in [4.69, 9.17) is 4.98 Å². The number of unbranched alkanes of at least 4 members (excludes halogenated alkanes) is 3. The van der Waals surface area contributed by atoms with Crippen molar-refractivity contribution in [2.75, 3.05) is 0 Å². The molecule has 0 saturated carbocycles. The molecule has 0 spiro atoms. The second-order valence-corrected chi connectivity index (χ2v) is 19.5. The van der Waals surface area contributed by atoms with Crippen molar-refractivity contribution in [1.82, 2.24) is 4.98 Å². The summed E-state index contributed by atoms with van der Waals surface area (Å²) in [7, 11) is 0. The summed E-state index contributed by atoms with van der Waals surface area (Å²) in [6, 6.07) is 6.87. The number of nitrogens with zero attached hydrogens (tertiary/aromatic N) is 1. The molecule has 1 rings (SSSR count). The van der Waals surface area contributed by atoms with Crippen LogP contribution >= 0.6 is 0 Å². The maximum absolute atomic E-state index is 5.12. The zero-order valence-corrected chi connectivity index (χ0v) is 17.6. The molecule has 21 heavy (non-hydrogen) atoms. The van der Waals surface area contributed by atoms with Crippen LogP contribution in [0.2, 0.25) is 13.3 Å². The van der Waals surface area contributed by atoms with Gasteiger partial charge in [0.15, 0.2) is 0 Å². The quantitative estimate of drug-likeness (QED) is 0.438. The minimum atomic E-state index is -2.27. The summed E-state index contributed by atoms with van der Waals surface area (Å²) in [5.41, 5.74) is 1.30. The standard InChI is InChI=1S/C7H8N.3C4H9.Sn/c1-2-7-5-3-4-6-8-7;3*1-3-4-2;/h3-5H,2H2,1H3;3*1,3-4H2,2H3;. The molecule has 0 aliphatic heterocycles. The van der Waals surface area contributed by atoms with E-state index in [-0.39, 0.29) is 0 Å². The maximum atomic E-state index is 5.12. The Balaban J connectivity index is 3.09. The Morgan fingerprint density at radius 3 is 1.76 bits per heavy atom. The Morgan fingerprint density at radius 1 is 0.810 bits per heavy atom. The summed E-state index contributed by atoms with van der Waals surface area (Å²) >= 11 is -2.27. The Morgan fingerprint density at radius 2 is 1.33 bits per heavy atom. The average Bonchev–Trinajstić information content (AvgIpc) is 2.54. The molecule has 0 radical (unpaired) electrons. The molecule has 0 bridgehead atoms. The molecule has 0 aromatic carbocycles. The third kappa shape index (κ3) is 5.92. The third-order valence-electron chi connectivity index (χ3n) is 4.74. The van der Waals surface area contributed by atoms with E-state index < -0.39 is 18.4 Å². The molecule has 0 fully saturated rings. The van der Waals surface area contributed by atoms with Crippen molar-refractivity contribution >= 4 is 22.1 Å². The van der Waals surface area contributed by atoms with E-state index in [9.17, 15) is 0 Å². The van der Waals surface area contributed by atoms with Crippen LogP contribution in [0, 0.1) is 0 Å². The molecule has 2 heteroatoms. The van der Waals surface area contributed by atoms with Crippen molar-refractivity contribution in [3.8, 4) is 0 Å². The zero-order valence-electron chi connectivity index (χ0n) is 14.8. The van der Waals surface area contributed by atoms with Crippen molar-refractivity contribution in [2.45, 2.75) is 86.0 Å². The van der Waals surface area contributed by atoms with Gasteiger partial charge in [0.25, 0.3) is 0 Å². The van der Waals surface area contributed by atoms with Gasteiger partial charge >= 0.3 is 137 Å². The van der Waals surface area contributed by atoms with Crippen LogP contribution in [0.25, 0.3) is 0 Å². The Labute approximate surface area is 136 Å². The van der Waals surface area contributed by atoms with E-state index >= 15 is 0 Å². The molecule has 120 valence electrons. The van der Waals surface area contributed by atoms with Crippen molar-refractivity contribution in [1.29, 1.82) is 0 Å². The van der Waals surface area contributed by atoms with E-state index in [1.165, 1.54) is 57.5 Å². The van der Waals surface area contributed by atoms with Gasteiger partial charge in [-0.05, 0) is 0 Å². The van der Waals surface area contributed by atoms with E-state index in [1.807, 2.05) is 0 Å². The van der Waals surface area contributed by atoms with Crippen molar-refractivity contribution in [3.63, 3.8) is 0 Å². The molecule has 1 nitrogen and oxygen atoms in total. The Hall–Kier alpha value is -0.0513. The number of aryl methyl sites for hydroxylation is 1. The first kappa shape index (κ1) is 19.0. The van der Waals surface area contributed by atoms with Gasteiger partial charge in [-0.2, -0.15) is 0 Å². The fourth-order valence-corrected chi connectivity index (χ4v) is 18.8. The first-order chi connectivity index (χ1) is 10.2. The van der Waals surface area contributed by atoms with Crippen molar-refractivity contribution < 1.29 is 0 Å². The molecule has 0 saturated heterocycles. The monoisotopic (exact) mass is 397 g/mol. The van der Waals surface area contributed by atoms with Crippen molar-refractivity contribution in [2.24, 2.45) is 0 Å². The number of aromatic nitrogens is 1. The molecule has 1 heterocycles. The van der Waals surface area contributed by atoms with Crippen LogP contribution in [0.4, 0.5) is 0 Å². The molecular weight excluding hydrogens is 361 g/mol. The fraction of sp³-hybridized carbons (Fsp3) is 0.737.